The van der Waals surface area contributed by atoms with E-state index in [4.69, 9.17) is 4.74 Å². The molecule has 0 bridgehead atoms. The number of aromatic nitrogens is 3. The smallest absolute Gasteiger partial charge is 0.234 e. The van der Waals surface area contributed by atoms with Crippen molar-refractivity contribution in [3.63, 3.8) is 0 Å². The van der Waals surface area contributed by atoms with Crippen LogP contribution < -0.4 is 10.2 Å². The highest BCUT2D eigenvalue weighted by Gasteiger charge is 2.32. The van der Waals surface area contributed by atoms with Crippen LogP contribution in [0.2, 0.25) is 0 Å². The molecule has 1 fully saturated rings. The molecule has 0 radical (unpaired) electrons. The number of ether oxygens (including phenoxy) is 1. The molecule has 1 aliphatic rings. The average Bonchev–Trinajstić information content (AvgIpc) is 3.03. The minimum Gasteiger partial charge on any atom is -0.378 e. The van der Waals surface area contributed by atoms with Crippen LogP contribution in [0.1, 0.15) is 41.5 Å². The Hall–Kier alpha value is -1.79. The summed E-state index contributed by atoms with van der Waals surface area (Å²) in [7, 11) is 0. The molecular formula is C19H32N6O2S. The number of amides is 1. The third kappa shape index (κ3) is 5.39. The number of morpholine rings is 1. The Morgan fingerprint density at radius 2 is 1.93 bits per heavy atom. The van der Waals surface area contributed by atoms with Gasteiger partial charge in [0.15, 0.2) is 5.16 Å². The number of thioether (sulfide) groups is 1. The molecular weight excluding hydrogens is 376 g/mol. The van der Waals surface area contributed by atoms with Crippen molar-refractivity contribution in [2.75, 3.05) is 31.2 Å². The molecule has 0 unspecified atom stereocenters. The van der Waals surface area contributed by atoms with E-state index >= 15 is 0 Å². The van der Waals surface area contributed by atoms with Crippen LogP contribution in [0.15, 0.2) is 5.16 Å². The first-order chi connectivity index (χ1) is 13.2. The Balaban J connectivity index is 2.17. The van der Waals surface area contributed by atoms with Crippen molar-refractivity contribution >= 4 is 23.6 Å². The maximum atomic E-state index is 12.7. The van der Waals surface area contributed by atoms with E-state index in [1.807, 2.05) is 20.8 Å². The molecule has 0 aliphatic carbocycles. The van der Waals surface area contributed by atoms with Crippen molar-refractivity contribution < 1.29 is 9.53 Å². The first kappa shape index (κ1) is 22.5. The number of nitrogens with zero attached hydrogens (tertiary/aromatic N) is 5. The number of nitrogens with one attached hydrogen (secondary N) is 1. The zero-order chi connectivity index (χ0) is 20.9. The van der Waals surface area contributed by atoms with Gasteiger partial charge in [-0.05, 0) is 25.7 Å². The SMILES string of the molecule is CC(C)Cn1c(S[C@H](C)C(=O)N[C@@](C)(C#N)C(C)C)nnc1N1CCOCC1. The highest BCUT2D eigenvalue weighted by molar-refractivity contribution is 8.00. The van der Waals surface area contributed by atoms with Crippen LogP contribution in [-0.2, 0) is 16.1 Å². The molecule has 1 amide bonds. The lowest BCUT2D eigenvalue weighted by atomic mass is 9.90. The number of carbonyl (C=O) groups is 1. The summed E-state index contributed by atoms with van der Waals surface area (Å²) in [5, 5.41) is 21.4. The van der Waals surface area contributed by atoms with Gasteiger partial charge in [-0.1, -0.05) is 39.5 Å². The van der Waals surface area contributed by atoms with Gasteiger partial charge >= 0.3 is 0 Å². The maximum Gasteiger partial charge on any atom is 0.234 e. The molecule has 0 spiro atoms. The van der Waals surface area contributed by atoms with Crippen molar-refractivity contribution in [1.82, 2.24) is 20.1 Å². The van der Waals surface area contributed by atoms with E-state index in [1.54, 1.807) is 6.92 Å². The predicted octanol–water partition coefficient (Wildman–Crippen LogP) is 2.31. The number of rotatable bonds is 8. The maximum absolute atomic E-state index is 12.7. The van der Waals surface area contributed by atoms with Gasteiger partial charge in [-0.3, -0.25) is 9.36 Å². The second kappa shape index (κ2) is 9.61. The molecule has 2 rings (SSSR count). The Bertz CT molecular complexity index is 708. The number of hydrogen-bond donors (Lipinski definition) is 1. The fourth-order valence-electron chi connectivity index (χ4n) is 2.76. The van der Waals surface area contributed by atoms with Gasteiger partial charge in [0.25, 0.3) is 0 Å². The standard InChI is InChI=1S/C19H32N6O2S/c1-13(2)11-25-17(24-7-9-27-10-8-24)22-23-18(25)28-15(5)16(26)21-19(6,12-20)14(3)4/h13-15H,7-11H2,1-6H3,(H,21,26)/t15-,19+/m1/s1. The number of nitriles is 1. The van der Waals surface area contributed by atoms with Crippen molar-refractivity contribution in [1.29, 1.82) is 5.26 Å². The summed E-state index contributed by atoms with van der Waals surface area (Å²) < 4.78 is 7.53. The normalized spacial score (nSPS) is 18.0. The number of carbonyl (C=O) groups excluding carboxylic acids is 1. The van der Waals surface area contributed by atoms with E-state index < -0.39 is 5.54 Å². The van der Waals surface area contributed by atoms with E-state index in [0.29, 0.717) is 19.1 Å². The topological polar surface area (TPSA) is 96.1 Å². The Labute approximate surface area is 172 Å². The lowest BCUT2D eigenvalue weighted by Crippen LogP contribution is -2.51. The highest BCUT2D eigenvalue weighted by Crippen LogP contribution is 2.28. The molecule has 28 heavy (non-hydrogen) atoms. The van der Waals surface area contributed by atoms with Crippen LogP contribution in [0, 0.1) is 23.2 Å². The summed E-state index contributed by atoms with van der Waals surface area (Å²) in [6.07, 6.45) is 0. The van der Waals surface area contributed by atoms with E-state index in [2.05, 4.69) is 44.9 Å². The summed E-state index contributed by atoms with van der Waals surface area (Å²) in [6, 6.07) is 2.22. The summed E-state index contributed by atoms with van der Waals surface area (Å²) in [6.45, 7) is 15.4. The zero-order valence-corrected chi connectivity index (χ0v) is 18.5. The summed E-state index contributed by atoms with van der Waals surface area (Å²) in [5.74, 6) is 1.09. The average molecular weight is 409 g/mol. The van der Waals surface area contributed by atoms with Gasteiger partial charge in [-0.15, -0.1) is 10.2 Å². The van der Waals surface area contributed by atoms with Crippen LogP contribution in [0.25, 0.3) is 0 Å². The molecule has 1 N–H and O–H groups in total. The molecule has 1 saturated heterocycles. The lowest BCUT2D eigenvalue weighted by molar-refractivity contribution is -0.121. The van der Waals surface area contributed by atoms with Crippen LogP contribution in [0.3, 0.4) is 0 Å². The molecule has 9 heteroatoms. The molecule has 1 aromatic heterocycles. The minimum atomic E-state index is -0.892. The van der Waals surface area contributed by atoms with Crippen molar-refractivity contribution in [2.45, 2.75) is 64.0 Å². The van der Waals surface area contributed by atoms with Gasteiger partial charge < -0.3 is 15.0 Å². The summed E-state index contributed by atoms with van der Waals surface area (Å²) in [5.41, 5.74) is -0.892. The lowest BCUT2D eigenvalue weighted by Gasteiger charge is -2.29. The molecule has 156 valence electrons. The highest BCUT2D eigenvalue weighted by atomic mass is 32.2. The fraction of sp³-hybridized carbons (Fsp3) is 0.789. The number of anilines is 1. The first-order valence-corrected chi connectivity index (χ1v) is 10.7. The second-order valence-corrected chi connectivity index (χ2v) is 9.41. The largest absolute Gasteiger partial charge is 0.378 e. The van der Waals surface area contributed by atoms with E-state index in [1.165, 1.54) is 11.8 Å². The first-order valence-electron chi connectivity index (χ1n) is 9.83. The zero-order valence-electron chi connectivity index (χ0n) is 17.7. The van der Waals surface area contributed by atoms with Crippen molar-refractivity contribution in [2.24, 2.45) is 11.8 Å². The molecule has 8 nitrogen and oxygen atoms in total. The third-order valence-electron chi connectivity index (χ3n) is 4.96. The monoisotopic (exact) mass is 408 g/mol. The van der Waals surface area contributed by atoms with Gasteiger partial charge in [0.2, 0.25) is 11.9 Å². The second-order valence-electron chi connectivity index (χ2n) is 8.10. The van der Waals surface area contributed by atoms with Crippen molar-refractivity contribution in [3.05, 3.63) is 0 Å². The van der Waals surface area contributed by atoms with Crippen molar-refractivity contribution in [3.8, 4) is 6.07 Å². The molecule has 2 heterocycles. The van der Waals surface area contributed by atoms with E-state index in [0.717, 1.165) is 30.7 Å². The minimum absolute atomic E-state index is 0.0103. The molecule has 1 aromatic rings. The van der Waals surface area contributed by atoms with Crippen LogP contribution in [-0.4, -0.2) is 57.8 Å². The predicted molar refractivity (Wildman–Crippen MR) is 110 cm³/mol. The van der Waals surface area contributed by atoms with E-state index in [-0.39, 0.29) is 17.1 Å². The van der Waals surface area contributed by atoms with Crippen LogP contribution in [0.5, 0.6) is 0 Å². The Morgan fingerprint density at radius 1 is 1.29 bits per heavy atom. The summed E-state index contributed by atoms with van der Waals surface area (Å²) in [4.78, 5) is 14.9. The van der Waals surface area contributed by atoms with Crippen LogP contribution >= 0.6 is 11.8 Å². The summed E-state index contributed by atoms with van der Waals surface area (Å²) >= 11 is 1.38. The molecule has 2 atom stereocenters. The molecule has 0 aromatic carbocycles. The van der Waals surface area contributed by atoms with Gasteiger partial charge in [0, 0.05) is 19.6 Å². The fourth-order valence-corrected chi connectivity index (χ4v) is 3.61. The Morgan fingerprint density at radius 3 is 2.46 bits per heavy atom. The van der Waals surface area contributed by atoms with Gasteiger partial charge in [-0.2, -0.15) is 5.26 Å². The van der Waals surface area contributed by atoms with Gasteiger partial charge in [-0.25, -0.2) is 0 Å². The Kier molecular flexibility index (Phi) is 7.72. The number of hydrogen-bond acceptors (Lipinski definition) is 7. The van der Waals surface area contributed by atoms with E-state index in [9.17, 15) is 10.1 Å². The van der Waals surface area contributed by atoms with Crippen LogP contribution in [0.4, 0.5) is 5.95 Å². The quantitative estimate of drug-likeness (QED) is 0.659. The third-order valence-corrected chi connectivity index (χ3v) is 6.04. The van der Waals surface area contributed by atoms with Gasteiger partial charge in [0.1, 0.15) is 5.54 Å². The molecule has 1 aliphatic heterocycles. The molecule has 0 saturated carbocycles. The van der Waals surface area contributed by atoms with Gasteiger partial charge in [0.05, 0.1) is 24.5 Å².